The summed E-state index contributed by atoms with van der Waals surface area (Å²) >= 11 is 6.02. The lowest BCUT2D eigenvalue weighted by atomic mass is 9.82. The van der Waals surface area contributed by atoms with E-state index >= 15 is 0 Å². The third kappa shape index (κ3) is 4.61. The van der Waals surface area contributed by atoms with Gasteiger partial charge in [0.05, 0.1) is 24.4 Å². The minimum atomic E-state index is -1.70. The number of carbonyl (C=O) groups is 2. The van der Waals surface area contributed by atoms with E-state index in [2.05, 4.69) is 15.4 Å². The number of hydrogen-bond acceptors (Lipinski definition) is 7. The minimum Gasteiger partial charge on any atom is -0.494 e. The van der Waals surface area contributed by atoms with E-state index < -0.39 is 28.6 Å². The highest BCUT2D eigenvalue weighted by atomic mass is 35.5. The highest BCUT2D eigenvalue weighted by Gasteiger charge is 2.45. The van der Waals surface area contributed by atoms with Gasteiger partial charge < -0.3 is 25.6 Å². The van der Waals surface area contributed by atoms with Crippen LogP contribution in [-0.2, 0) is 22.9 Å². The fraction of sp³-hybridized carbons (Fsp3) is 0.286. The van der Waals surface area contributed by atoms with Crippen molar-refractivity contribution in [2.75, 3.05) is 20.3 Å². The van der Waals surface area contributed by atoms with Crippen molar-refractivity contribution in [1.29, 1.82) is 0 Å². The number of methoxy groups -OCH3 is 1. The summed E-state index contributed by atoms with van der Waals surface area (Å²) in [5.74, 6) is -0.981. The predicted molar refractivity (Wildman–Crippen MR) is 146 cm³/mol. The van der Waals surface area contributed by atoms with E-state index in [0.29, 0.717) is 33.3 Å². The highest BCUT2D eigenvalue weighted by Crippen LogP contribution is 2.45. The summed E-state index contributed by atoms with van der Waals surface area (Å²) in [5, 5.41) is 19.2. The van der Waals surface area contributed by atoms with Crippen molar-refractivity contribution >= 4 is 34.3 Å². The lowest BCUT2D eigenvalue weighted by molar-refractivity contribution is -0.123. The molecule has 12 heteroatoms. The minimum absolute atomic E-state index is 0.0394. The molecule has 0 spiro atoms. The molecule has 0 saturated carbocycles. The van der Waals surface area contributed by atoms with Crippen LogP contribution in [0, 0.1) is 5.82 Å². The number of amides is 2. The molecule has 5 rings (SSSR count). The Bertz CT molecular complexity index is 1690. The van der Waals surface area contributed by atoms with Crippen LogP contribution in [0.1, 0.15) is 35.5 Å². The van der Waals surface area contributed by atoms with Gasteiger partial charge in [0.2, 0.25) is 5.91 Å². The number of aromatic nitrogens is 3. The van der Waals surface area contributed by atoms with Crippen LogP contribution < -0.4 is 20.5 Å². The first kappa shape index (κ1) is 27.4. The van der Waals surface area contributed by atoms with Gasteiger partial charge in [0.25, 0.3) is 5.91 Å². The Hall–Kier alpha value is -4.22. The van der Waals surface area contributed by atoms with Crippen LogP contribution >= 0.6 is 11.6 Å². The predicted octanol–water partition coefficient (Wildman–Crippen LogP) is 3.21. The van der Waals surface area contributed by atoms with Gasteiger partial charge in [0.15, 0.2) is 0 Å². The molecule has 10 nitrogen and oxygen atoms in total. The molecule has 1 aliphatic rings. The maximum Gasteiger partial charge on any atom is 0.251 e. The van der Waals surface area contributed by atoms with E-state index in [4.69, 9.17) is 26.8 Å². The maximum atomic E-state index is 13.9. The monoisotopic (exact) mass is 567 g/mol. The molecule has 1 aliphatic heterocycles. The topological polar surface area (TPSA) is 142 Å². The van der Waals surface area contributed by atoms with Gasteiger partial charge in [0.1, 0.15) is 46.1 Å². The number of ether oxygens (including phenoxy) is 2. The molecule has 208 valence electrons. The normalized spacial score (nSPS) is 17.7. The van der Waals surface area contributed by atoms with Crippen LogP contribution in [0.15, 0.2) is 42.6 Å². The van der Waals surface area contributed by atoms with Crippen LogP contribution in [0.2, 0.25) is 5.02 Å². The van der Waals surface area contributed by atoms with Crippen molar-refractivity contribution in [3.8, 4) is 22.8 Å². The van der Waals surface area contributed by atoms with Crippen molar-refractivity contribution in [2.45, 2.75) is 24.9 Å². The van der Waals surface area contributed by atoms with Crippen LogP contribution in [-0.4, -0.2) is 51.9 Å². The molecular formula is C28H27ClFN5O5. The molecule has 4 aromatic rings. The van der Waals surface area contributed by atoms with Gasteiger partial charge in [-0.3, -0.25) is 14.3 Å². The van der Waals surface area contributed by atoms with Crippen molar-refractivity contribution in [3.63, 3.8) is 0 Å². The smallest absolute Gasteiger partial charge is 0.251 e. The van der Waals surface area contributed by atoms with E-state index in [1.807, 2.05) is 0 Å². The summed E-state index contributed by atoms with van der Waals surface area (Å²) in [6.45, 7) is 2.83. The molecule has 0 fully saturated rings. The Labute approximate surface area is 233 Å². The first-order valence-corrected chi connectivity index (χ1v) is 12.7. The van der Waals surface area contributed by atoms with Gasteiger partial charge in [0, 0.05) is 35.3 Å². The standard InChI is InChI=1S/C28H27ClFN5O5/c1-27(26(31)37)13-40-24-17(27)10-21(33-23(24)14-5-6-19(30)18(29)8-14)28(2,38)12-32-25(36)15-7-16-11-35(3)34-22(16)20(9-15)39-4/h5-11,38H,12-13H2,1-4H3,(H2,31,37)(H,32,36)/t27-,28-/m0/s1. The van der Waals surface area contributed by atoms with Gasteiger partial charge in [-0.05, 0) is 50.2 Å². The summed E-state index contributed by atoms with van der Waals surface area (Å²) in [7, 11) is 3.26. The van der Waals surface area contributed by atoms with Crippen molar-refractivity contribution < 1.29 is 28.6 Å². The van der Waals surface area contributed by atoms with E-state index in [1.54, 1.807) is 43.0 Å². The number of nitrogens with two attached hydrogens (primary N) is 1. The molecule has 2 amide bonds. The second-order valence-corrected chi connectivity index (χ2v) is 10.6. The number of fused-ring (bicyclic) bond motifs is 2. The number of aryl methyl sites for hydroxylation is 1. The zero-order valence-electron chi connectivity index (χ0n) is 22.2. The molecule has 2 aromatic heterocycles. The fourth-order valence-electron chi connectivity index (χ4n) is 4.66. The molecule has 2 aromatic carbocycles. The summed E-state index contributed by atoms with van der Waals surface area (Å²) in [6, 6.07) is 8.82. The average molecular weight is 568 g/mol. The molecule has 0 saturated heterocycles. The fourth-order valence-corrected chi connectivity index (χ4v) is 4.84. The third-order valence-corrected chi connectivity index (χ3v) is 7.41. The number of rotatable bonds is 7. The average Bonchev–Trinajstić information content (AvgIpc) is 3.47. The summed E-state index contributed by atoms with van der Waals surface area (Å²) in [5.41, 5.74) is 4.95. The first-order chi connectivity index (χ1) is 18.8. The van der Waals surface area contributed by atoms with E-state index in [1.165, 1.54) is 32.2 Å². The largest absolute Gasteiger partial charge is 0.494 e. The Kier molecular flexibility index (Phi) is 6.67. The molecule has 2 atom stereocenters. The Morgan fingerprint density at radius 3 is 2.75 bits per heavy atom. The molecule has 40 heavy (non-hydrogen) atoms. The lowest BCUT2D eigenvalue weighted by Gasteiger charge is -2.26. The van der Waals surface area contributed by atoms with Crippen LogP contribution in [0.5, 0.6) is 11.5 Å². The quantitative estimate of drug-likeness (QED) is 0.311. The second-order valence-electron chi connectivity index (χ2n) is 10.2. The van der Waals surface area contributed by atoms with E-state index in [-0.39, 0.29) is 35.3 Å². The van der Waals surface area contributed by atoms with Gasteiger partial charge in [-0.1, -0.05) is 11.6 Å². The highest BCUT2D eigenvalue weighted by molar-refractivity contribution is 6.31. The van der Waals surface area contributed by atoms with Crippen LogP contribution in [0.25, 0.3) is 22.2 Å². The number of halogens is 2. The van der Waals surface area contributed by atoms with Gasteiger partial charge >= 0.3 is 0 Å². The van der Waals surface area contributed by atoms with E-state index in [0.717, 1.165) is 0 Å². The van der Waals surface area contributed by atoms with Gasteiger partial charge in [-0.15, -0.1) is 0 Å². The van der Waals surface area contributed by atoms with Crippen LogP contribution in [0.3, 0.4) is 0 Å². The molecule has 4 N–H and O–H groups in total. The summed E-state index contributed by atoms with van der Waals surface area (Å²) < 4.78 is 26.8. The first-order valence-electron chi connectivity index (χ1n) is 12.3. The molecule has 0 radical (unpaired) electrons. The molecular weight excluding hydrogens is 541 g/mol. The number of nitrogens with zero attached hydrogens (tertiary/aromatic N) is 3. The number of nitrogens with one attached hydrogen (secondary N) is 1. The number of benzene rings is 2. The second kappa shape index (κ2) is 9.76. The number of aliphatic hydroxyl groups is 1. The molecule has 0 bridgehead atoms. The Balaban J connectivity index is 1.51. The number of hydrogen-bond donors (Lipinski definition) is 3. The number of pyridine rings is 1. The van der Waals surface area contributed by atoms with Gasteiger partial charge in [-0.2, -0.15) is 5.10 Å². The Morgan fingerprint density at radius 2 is 2.08 bits per heavy atom. The number of carbonyl (C=O) groups excluding carboxylic acids is 2. The Morgan fingerprint density at radius 1 is 1.32 bits per heavy atom. The summed E-state index contributed by atoms with van der Waals surface area (Å²) in [4.78, 5) is 30.2. The summed E-state index contributed by atoms with van der Waals surface area (Å²) in [6.07, 6.45) is 1.76. The van der Waals surface area contributed by atoms with Gasteiger partial charge in [-0.25, -0.2) is 9.37 Å². The van der Waals surface area contributed by atoms with Crippen molar-refractivity contribution in [1.82, 2.24) is 20.1 Å². The number of primary amides is 1. The molecule has 0 aliphatic carbocycles. The van der Waals surface area contributed by atoms with Crippen LogP contribution in [0.4, 0.5) is 4.39 Å². The van der Waals surface area contributed by atoms with E-state index in [9.17, 15) is 19.1 Å². The molecule has 0 unspecified atom stereocenters. The zero-order chi connectivity index (χ0) is 29.0. The third-order valence-electron chi connectivity index (χ3n) is 7.12. The van der Waals surface area contributed by atoms with Crippen molar-refractivity contribution in [3.05, 3.63) is 70.3 Å². The molecule has 3 heterocycles. The lowest BCUT2D eigenvalue weighted by Crippen LogP contribution is -2.41. The zero-order valence-corrected chi connectivity index (χ0v) is 23.0. The SMILES string of the molecule is COc1cc(C(=O)NC[C@](C)(O)c2cc3c(c(-c4ccc(F)c(Cl)c4)n2)OC[C@]3(C)C(N)=O)cc2cn(C)nc12. The maximum absolute atomic E-state index is 13.9. The van der Waals surface area contributed by atoms with Crippen molar-refractivity contribution in [2.24, 2.45) is 12.8 Å².